The highest BCUT2D eigenvalue weighted by Gasteiger charge is 2.26. The van der Waals surface area contributed by atoms with E-state index in [4.69, 9.17) is 14.2 Å². The highest BCUT2D eigenvalue weighted by Crippen LogP contribution is 2.25. The molecule has 11 heteroatoms. The molecule has 1 heterocycles. The van der Waals surface area contributed by atoms with Crippen LogP contribution in [0.2, 0.25) is 0 Å². The zero-order chi connectivity index (χ0) is 21.6. The summed E-state index contributed by atoms with van der Waals surface area (Å²) in [6.45, 7) is 0.573. The van der Waals surface area contributed by atoms with Crippen LogP contribution in [-0.2, 0) is 30.9 Å². The van der Waals surface area contributed by atoms with E-state index in [1.165, 1.54) is 34.6 Å². The van der Waals surface area contributed by atoms with E-state index in [0.717, 1.165) is 0 Å². The van der Waals surface area contributed by atoms with E-state index in [9.17, 15) is 23.3 Å². The van der Waals surface area contributed by atoms with Crippen LogP contribution >= 0.6 is 0 Å². The van der Waals surface area contributed by atoms with Crippen LogP contribution in [0.5, 0.6) is 5.75 Å². The first kappa shape index (κ1) is 21.7. The second kappa shape index (κ2) is 9.65. The van der Waals surface area contributed by atoms with E-state index in [1.54, 1.807) is 18.2 Å². The predicted octanol–water partition coefficient (Wildman–Crippen LogP) is 1.74. The molecule has 1 saturated heterocycles. The first-order valence-electron chi connectivity index (χ1n) is 9.06. The molecule has 0 atom stereocenters. The maximum absolute atomic E-state index is 12.7. The quantitative estimate of drug-likeness (QED) is 0.348. The molecule has 2 aromatic carbocycles. The summed E-state index contributed by atoms with van der Waals surface area (Å²) in [4.78, 5) is 22.4. The molecular formula is C19H20N2O8S. The van der Waals surface area contributed by atoms with Gasteiger partial charge in [-0.05, 0) is 23.8 Å². The summed E-state index contributed by atoms with van der Waals surface area (Å²) in [7, 11) is -3.66. The van der Waals surface area contributed by atoms with E-state index >= 15 is 0 Å². The highest BCUT2D eigenvalue weighted by molar-refractivity contribution is 7.89. The lowest BCUT2D eigenvalue weighted by molar-refractivity contribution is -0.385. The predicted molar refractivity (Wildman–Crippen MR) is 104 cm³/mol. The van der Waals surface area contributed by atoms with Gasteiger partial charge in [-0.1, -0.05) is 24.3 Å². The Morgan fingerprint density at radius 1 is 1.13 bits per heavy atom. The Morgan fingerprint density at radius 3 is 2.60 bits per heavy atom. The first-order valence-corrected chi connectivity index (χ1v) is 10.5. The van der Waals surface area contributed by atoms with E-state index in [2.05, 4.69) is 0 Å². The average molecular weight is 436 g/mol. The number of benzene rings is 2. The summed E-state index contributed by atoms with van der Waals surface area (Å²) < 4.78 is 42.2. The summed E-state index contributed by atoms with van der Waals surface area (Å²) in [5.74, 6) is -0.785. The minimum absolute atomic E-state index is 0.0435. The van der Waals surface area contributed by atoms with E-state index < -0.39 is 27.5 Å². The SMILES string of the molecule is O=C(COc1ccccc1[N+](=O)[O-])OCc1cccc(S(=O)(=O)N2CCOCC2)c1. The maximum atomic E-state index is 12.7. The normalized spacial score (nSPS) is 14.8. The number of carbonyl (C=O) groups excluding carboxylic acids is 1. The Morgan fingerprint density at radius 2 is 1.87 bits per heavy atom. The van der Waals surface area contributed by atoms with Crippen molar-refractivity contribution in [1.82, 2.24) is 4.31 Å². The number of nitrogens with zero attached hydrogens (tertiary/aromatic N) is 2. The fourth-order valence-electron chi connectivity index (χ4n) is 2.80. The van der Waals surface area contributed by atoms with Crippen LogP contribution in [0.25, 0.3) is 0 Å². The number of para-hydroxylation sites is 2. The molecule has 3 rings (SSSR count). The minimum atomic E-state index is -3.66. The molecule has 1 fully saturated rings. The van der Waals surface area contributed by atoms with Crippen molar-refractivity contribution in [2.75, 3.05) is 32.9 Å². The van der Waals surface area contributed by atoms with Gasteiger partial charge in [0.1, 0.15) is 6.61 Å². The van der Waals surface area contributed by atoms with Gasteiger partial charge in [0.2, 0.25) is 10.0 Å². The van der Waals surface area contributed by atoms with Crippen molar-refractivity contribution in [3.05, 3.63) is 64.2 Å². The van der Waals surface area contributed by atoms with Crippen LogP contribution in [0.15, 0.2) is 53.4 Å². The molecule has 0 radical (unpaired) electrons. The molecule has 0 amide bonds. The van der Waals surface area contributed by atoms with Gasteiger partial charge in [-0.25, -0.2) is 13.2 Å². The van der Waals surface area contributed by atoms with Crippen molar-refractivity contribution < 1.29 is 32.3 Å². The second-order valence-electron chi connectivity index (χ2n) is 6.34. The Hall–Kier alpha value is -3.02. The molecule has 10 nitrogen and oxygen atoms in total. The number of morpholine rings is 1. The molecule has 0 unspecified atom stereocenters. The smallest absolute Gasteiger partial charge is 0.344 e. The van der Waals surface area contributed by atoms with E-state index in [0.29, 0.717) is 18.8 Å². The highest BCUT2D eigenvalue weighted by atomic mass is 32.2. The van der Waals surface area contributed by atoms with Crippen LogP contribution in [-0.4, -0.2) is 56.5 Å². The van der Waals surface area contributed by atoms with Crippen LogP contribution < -0.4 is 4.74 Å². The molecular weight excluding hydrogens is 416 g/mol. The summed E-state index contributed by atoms with van der Waals surface area (Å²) in [6.07, 6.45) is 0. The van der Waals surface area contributed by atoms with Crippen LogP contribution in [0.3, 0.4) is 0 Å². The second-order valence-corrected chi connectivity index (χ2v) is 8.28. The Kier molecular flexibility index (Phi) is 6.98. The zero-order valence-corrected chi connectivity index (χ0v) is 16.7. The lowest BCUT2D eigenvalue weighted by Gasteiger charge is -2.26. The molecule has 0 bridgehead atoms. The van der Waals surface area contributed by atoms with Gasteiger partial charge in [0.05, 0.1) is 23.0 Å². The third-order valence-electron chi connectivity index (χ3n) is 4.31. The fourth-order valence-corrected chi connectivity index (χ4v) is 4.28. The molecule has 2 aromatic rings. The number of hydrogen-bond donors (Lipinski definition) is 0. The van der Waals surface area contributed by atoms with E-state index in [-0.39, 0.29) is 36.0 Å². The maximum Gasteiger partial charge on any atom is 0.344 e. The van der Waals surface area contributed by atoms with Gasteiger partial charge in [0.15, 0.2) is 12.4 Å². The summed E-state index contributed by atoms with van der Waals surface area (Å²) >= 11 is 0. The number of carbonyl (C=O) groups is 1. The van der Waals surface area contributed by atoms with Crippen molar-refractivity contribution in [2.24, 2.45) is 0 Å². The molecule has 0 spiro atoms. The Labute approximate surface area is 173 Å². The lowest BCUT2D eigenvalue weighted by Crippen LogP contribution is -2.40. The molecule has 0 saturated carbocycles. The number of nitro groups is 1. The Balaban J connectivity index is 1.58. The van der Waals surface area contributed by atoms with Gasteiger partial charge < -0.3 is 14.2 Å². The molecule has 1 aliphatic rings. The number of nitro benzene ring substituents is 1. The van der Waals surface area contributed by atoms with Crippen molar-refractivity contribution in [3.8, 4) is 5.75 Å². The van der Waals surface area contributed by atoms with Crippen LogP contribution in [0.1, 0.15) is 5.56 Å². The molecule has 160 valence electrons. The molecule has 1 aliphatic heterocycles. The first-order chi connectivity index (χ1) is 14.4. The number of esters is 1. The van der Waals surface area contributed by atoms with Gasteiger partial charge in [-0.15, -0.1) is 0 Å². The van der Waals surface area contributed by atoms with Crippen molar-refractivity contribution in [3.63, 3.8) is 0 Å². The molecule has 30 heavy (non-hydrogen) atoms. The summed E-state index contributed by atoms with van der Waals surface area (Å²) in [6, 6.07) is 11.8. The van der Waals surface area contributed by atoms with Gasteiger partial charge in [-0.3, -0.25) is 10.1 Å². The van der Waals surface area contributed by atoms with Gasteiger partial charge >= 0.3 is 11.7 Å². The van der Waals surface area contributed by atoms with E-state index in [1.807, 2.05) is 0 Å². The molecule has 0 aromatic heterocycles. The molecule has 0 N–H and O–H groups in total. The van der Waals surface area contributed by atoms with Crippen molar-refractivity contribution in [1.29, 1.82) is 0 Å². The van der Waals surface area contributed by atoms with Crippen molar-refractivity contribution >= 4 is 21.7 Å². The standard InChI is InChI=1S/C19H20N2O8S/c22-19(14-28-18-7-2-1-6-17(18)21(23)24)29-13-15-4-3-5-16(12-15)30(25,26)20-8-10-27-11-9-20/h1-7,12H,8-11,13-14H2. The number of rotatable bonds is 8. The Bertz CT molecular complexity index is 1020. The molecule has 0 aliphatic carbocycles. The fraction of sp³-hybridized carbons (Fsp3) is 0.316. The largest absolute Gasteiger partial charge is 0.475 e. The number of ether oxygens (including phenoxy) is 3. The van der Waals surface area contributed by atoms with Gasteiger partial charge in [-0.2, -0.15) is 4.31 Å². The number of hydrogen-bond acceptors (Lipinski definition) is 8. The minimum Gasteiger partial charge on any atom is -0.475 e. The lowest BCUT2D eigenvalue weighted by atomic mass is 10.2. The summed E-state index contributed by atoms with van der Waals surface area (Å²) in [5.41, 5.74) is 0.231. The van der Waals surface area contributed by atoms with Gasteiger partial charge in [0, 0.05) is 19.2 Å². The topological polar surface area (TPSA) is 125 Å². The monoisotopic (exact) mass is 436 g/mol. The van der Waals surface area contributed by atoms with Crippen LogP contribution in [0.4, 0.5) is 5.69 Å². The third kappa shape index (κ3) is 5.32. The zero-order valence-electron chi connectivity index (χ0n) is 15.9. The van der Waals surface area contributed by atoms with Crippen molar-refractivity contribution in [2.45, 2.75) is 11.5 Å². The number of sulfonamides is 1. The van der Waals surface area contributed by atoms with Gasteiger partial charge in [0.25, 0.3) is 0 Å². The summed E-state index contributed by atoms with van der Waals surface area (Å²) in [5, 5.41) is 11.0. The average Bonchev–Trinajstić information content (AvgIpc) is 2.77. The third-order valence-corrected chi connectivity index (χ3v) is 6.21. The van der Waals surface area contributed by atoms with Crippen LogP contribution in [0, 0.1) is 10.1 Å².